The summed E-state index contributed by atoms with van der Waals surface area (Å²) in [4.78, 5) is 13.4. The SMILES string of the molecule is N[C@H]1CCC(CNc2ncc3nnn(-c4ccc5ncccc5c4)c3n2)C1. The van der Waals surface area contributed by atoms with Crippen molar-refractivity contribution >= 4 is 28.0 Å². The number of nitrogens with two attached hydrogens (primary N) is 1. The van der Waals surface area contributed by atoms with Gasteiger partial charge in [-0.3, -0.25) is 4.98 Å². The van der Waals surface area contributed by atoms with Crippen molar-refractivity contribution in [1.29, 1.82) is 0 Å². The van der Waals surface area contributed by atoms with E-state index in [0.717, 1.165) is 42.4 Å². The Morgan fingerprint density at radius 2 is 2.11 bits per heavy atom. The molecule has 8 heteroatoms. The van der Waals surface area contributed by atoms with E-state index in [0.29, 0.717) is 29.1 Å². The summed E-state index contributed by atoms with van der Waals surface area (Å²) in [6.07, 6.45) is 6.80. The number of benzene rings is 1. The molecule has 5 rings (SSSR count). The molecule has 136 valence electrons. The summed E-state index contributed by atoms with van der Waals surface area (Å²) in [5.74, 6) is 1.17. The first-order valence-electron chi connectivity index (χ1n) is 9.19. The van der Waals surface area contributed by atoms with Gasteiger partial charge in [-0.1, -0.05) is 11.3 Å². The Balaban J connectivity index is 1.45. The van der Waals surface area contributed by atoms with E-state index in [-0.39, 0.29) is 0 Å². The highest BCUT2D eigenvalue weighted by Crippen LogP contribution is 2.24. The van der Waals surface area contributed by atoms with Gasteiger partial charge in [0.15, 0.2) is 11.2 Å². The van der Waals surface area contributed by atoms with Crippen molar-refractivity contribution in [2.24, 2.45) is 11.7 Å². The lowest BCUT2D eigenvalue weighted by atomic mass is 10.1. The summed E-state index contributed by atoms with van der Waals surface area (Å²) < 4.78 is 1.74. The number of anilines is 1. The molecule has 0 spiro atoms. The van der Waals surface area contributed by atoms with Gasteiger partial charge in [-0.15, -0.1) is 5.10 Å². The number of hydrogen-bond donors (Lipinski definition) is 2. The molecule has 0 amide bonds. The maximum absolute atomic E-state index is 5.99. The van der Waals surface area contributed by atoms with Crippen LogP contribution in [0.3, 0.4) is 0 Å². The van der Waals surface area contributed by atoms with Crippen LogP contribution in [0.15, 0.2) is 42.7 Å². The fourth-order valence-electron chi connectivity index (χ4n) is 3.72. The van der Waals surface area contributed by atoms with Gasteiger partial charge in [0.2, 0.25) is 5.95 Å². The standard InChI is InChI=1S/C19H20N8/c20-14-4-3-12(8-14)10-22-19-23-11-17-18(24-19)27(26-25-17)15-5-6-16-13(9-15)2-1-7-21-16/h1-2,5-7,9,11-12,14H,3-4,8,10,20H2,(H,22,23,24)/t12?,14-/m0/s1. The number of rotatable bonds is 4. The van der Waals surface area contributed by atoms with Gasteiger partial charge < -0.3 is 11.1 Å². The van der Waals surface area contributed by atoms with Crippen LogP contribution in [0.5, 0.6) is 0 Å². The lowest BCUT2D eigenvalue weighted by molar-refractivity contribution is 0.564. The Morgan fingerprint density at radius 3 is 3.00 bits per heavy atom. The van der Waals surface area contributed by atoms with Crippen LogP contribution in [-0.2, 0) is 0 Å². The molecular formula is C19H20N8. The van der Waals surface area contributed by atoms with Crippen molar-refractivity contribution in [2.45, 2.75) is 25.3 Å². The number of pyridine rings is 1. The normalized spacial score (nSPS) is 19.7. The Hall–Kier alpha value is -3.13. The van der Waals surface area contributed by atoms with Crippen molar-refractivity contribution in [2.75, 3.05) is 11.9 Å². The number of nitrogens with zero attached hydrogens (tertiary/aromatic N) is 6. The average molecular weight is 360 g/mol. The molecule has 1 saturated carbocycles. The van der Waals surface area contributed by atoms with Crippen LogP contribution >= 0.6 is 0 Å². The van der Waals surface area contributed by atoms with E-state index in [1.54, 1.807) is 17.1 Å². The maximum atomic E-state index is 5.99. The molecule has 0 aliphatic heterocycles. The third-order valence-electron chi connectivity index (χ3n) is 5.15. The van der Waals surface area contributed by atoms with Gasteiger partial charge in [0.25, 0.3) is 0 Å². The minimum absolute atomic E-state index is 0.327. The van der Waals surface area contributed by atoms with Crippen molar-refractivity contribution in [1.82, 2.24) is 29.9 Å². The molecule has 1 aliphatic carbocycles. The van der Waals surface area contributed by atoms with Gasteiger partial charge in [-0.2, -0.15) is 9.67 Å². The van der Waals surface area contributed by atoms with E-state index in [4.69, 9.17) is 5.73 Å². The molecule has 1 aliphatic rings. The first-order chi connectivity index (χ1) is 13.3. The number of hydrogen-bond acceptors (Lipinski definition) is 7. The average Bonchev–Trinajstić information content (AvgIpc) is 3.31. The first-order valence-corrected chi connectivity index (χ1v) is 9.19. The minimum Gasteiger partial charge on any atom is -0.354 e. The number of nitrogens with one attached hydrogen (secondary N) is 1. The molecule has 3 aromatic heterocycles. The predicted octanol–water partition coefficient (Wildman–Crippen LogP) is 2.30. The Labute approximate surface area is 155 Å². The number of aromatic nitrogens is 6. The van der Waals surface area contributed by atoms with Crippen LogP contribution in [-0.4, -0.2) is 42.5 Å². The highest BCUT2D eigenvalue weighted by Gasteiger charge is 2.21. The van der Waals surface area contributed by atoms with Crippen molar-refractivity contribution in [3.8, 4) is 5.69 Å². The van der Waals surface area contributed by atoms with Gasteiger partial charge in [-0.25, -0.2) is 4.98 Å². The van der Waals surface area contributed by atoms with E-state index in [1.807, 2.05) is 30.3 Å². The Kier molecular flexibility index (Phi) is 3.90. The van der Waals surface area contributed by atoms with Crippen LogP contribution < -0.4 is 11.1 Å². The van der Waals surface area contributed by atoms with Crippen LogP contribution in [0.1, 0.15) is 19.3 Å². The summed E-state index contributed by atoms with van der Waals surface area (Å²) >= 11 is 0. The summed E-state index contributed by atoms with van der Waals surface area (Å²) in [5.41, 5.74) is 9.17. The minimum atomic E-state index is 0.327. The molecule has 1 unspecified atom stereocenters. The van der Waals surface area contributed by atoms with Gasteiger partial charge in [-0.05, 0) is 49.4 Å². The van der Waals surface area contributed by atoms with Crippen molar-refractivity contribution in [3.63, 3.8) is 0 Å². The van der Waals surface area contributed by atoms with E-state index in [9.17, 15) is 0 Å². The molecule has 1 aromatic carbocycles. The van der Waals surface area contributed by atoms with E-state index in [1.165, 1.54) is 0 Å². The molecule has 4 aromatic rings. The van der Waals surface area contributed by atoms with E-state index >= 15 is 0 Å². The third kappa shape index (κ3) is 3.08. The monoisotopic (exact) mass is 360 g/mol. The highest BCUT2D eigenvalue weighted by atomic mass is 15.4. The molecule has 3 N–H and O–H groups in total. The van der Waals surface area contributed by atoms with Gasteiger partial charge >= 0.3 is 0 Å². The van der Waals surface area contributed by atoms with Crippen LogP contribution in [0.2, 0.25) is 0 Å². The summed E-state index contributed by atoms with van der Waals surface area (Å²) in [7, 11) is 0. The smallest absolute Gasteiger partial charge is 0.224 e. The molecular weight excluding hydrogens is 340 g/mol. The molecule has 0 radical (unpaired) electrons. The fourth-order valence-corrected chi connectivity index (χ4v) is 3.72. The molecule has 27 heavy (non-hydrogen) atoms. The van der Waals surface area contributed by atoms with Crippen LogP contribution in [0.25, 0.3) is 27.8 Å². The summed E-state index contributed by atoms with van der Waals surface area (Å²) in [5, 5.41) is 12.8. The van der Waals surface area contributed by atoms with Crippen LogP contribution in [0, 0.1) is 5.92 Å². The second-order valence-electron chi connectivity index (χ2n) is 7.10. The molecule has 8 nitrogen and oxygen atoms in total. The molecule has 3 heterocycles. The molecule has 0 bridgehead atoms. The zero-order chi connectivity index (χ0) is 18.2. The lowest BCUT2D eigenvalue weighted by Gasteiger charge is -2.11. The topological polar surface area (TPSA) is 107 Å². The second kappa shape index (κ2) is 6.55. The first kappa shape index (κ1) is 16.1. The second-order valence-corrected chi connectivity index (χ2v) is 7.10. The fraction of sp³-hybridized carbons (Fsp3) is 0.316. The van der Waals surface area contributed by atoms with Crippen molar-refractivity contribution < 1.29 is 0 Å². The maximum Gasteiger partial charge on any atom is 0.224 e. The molecule has 0 saturated heterocycles. The van der Waals surface area contributed by atoms with Gasteiger partial charge in [0, 0.05) is 24.2 Å². The zero-order valence-electron chi connectivity index (χ0n) is 14.8. The lowest BCUT2D eigenvalue weighted by Crippen LogP contribution is -2.18. The quantitative estimate of drug-likeness (QED) is 0.575. The number of fused-ring (bicyclic) bond motifs is 2. The highest BCUT2D eigenvalue weighted by molar-refractivity contribution is 5.81. The Bertz CT molecular complexity index is 1110. The van der Waals surface area contributed by atoms with Crippen LogP contribution in [0.4, 0.5) is 5.95 Å². The van der Waals surface area contributed by atoms with Gasteiger partial charge in [0.05, 0.1) is 17.4 Å². The largest absolute Gasteiger partial charge is 0.354 e. The zero-order valence-corrected chi connectivity index (χ0v) is 14.8. The molecule has 1 fully saturated rings. The van der Waals surface area contributed by atoms with E-state index in [2.05, 4.69) is 30.6 Å². The Morgan fingerprint density at radius 1 is 1.15 bits per heavy atom. The molecule has 2 atom stereocenters. The van der Waals surface area contributed by atoms with E-state index < -0.39 is 0 Å². The van der Waals surface area contributed by atoms with Gasteiger partial charge in [0.1, 0.15) is 0 Å². The third-order valence-corrected chi connectivity index (χ3v) is 5.15. The predicted molar refractivity (Wildman–Crippen MR) is 104 cm³/mol. The van der Waals surface area contributed by atoms with Crippen molar-refractivity contribution in [3.05, 3.63) is 42.7 Å². The summed E-state index contributed by atoms with van der Waals surface area (Å²) in [6.45, 7) is 0.836. The summed E-state index contributed by atoms with van der Waals surface area (Å²) in [6, 6.07) is 10.3.